The van der Waals surface area contributed by atoms with Crippen molar-refractivity contribution in [3.63, 3.8) is 0 Å². The van der Waals surface area contributed by atoms with Gasteiger partial charge in [-0.15, -0.1) is 0 Å². The average molecular weight is 753 g/mol. The second kappa shape index (κ2) is 13.7. The van der Waals surface area contributed by atoms with E-state index < -0.39 is 67.7 Å². The van der Waals surface area contributed by atoms with Crippen molar-refractivity contribution in [2.24, 2.45) is 17.3 Å². The van der Waals surface area contributed by atoms with E-state index >= 15 is 0 Å². The van der Waals surface area contributed by atoms with E-state index in [1.165, 1.54) is 4.90 Å². The summed E-state index contributed by atoms with van der Waals surface area (Å²) in [7, 11) is -0.663. The molecule has 2 aromatic rings. The van der Waals surface area contributed by atoms with Gasteiger partial charge < -0.3 is 29.7 Å². The maximum absolute atomic E-state index is 14.8. The van der Waals surface area contributed by atoms with Gasteiger partial charge >= 0.3 is 6.09 Å². The van der Waals surface area contributed by atoms with Gasteiger partial charge in [0.15, 0.2) is 0 Å². The predicted molar refractivity (Wildman–Crippen MR) is 196 cm³/mol. The number of methoxy groups -OCH3 is 2. The van der Waals surface area contributed by atoms with E-state index in [4.69, 9.17) is 14.2 Å². The fraction of sp³-hybridized carbons (Fsp3) is 0.641. The van der Waals surface area contributed by atoms with Crippen LogP contribution in [0, 0.1) is 17.3 Å². The van der Waals surface area contributed by atoms with Crippen LogP contribution in [0.25, 0.3) is 10.8 Å². The van der Waals surface area contributed by atoms with Crippen LogP contribution in [0.3, 0.4) is 0 Å². The number of nitrogens with one attached hydrogen (secondary N) is 3. The molecule has 1 saturated heterocycles. The fourth-order valence-corrected chi connectivity index (χ4v) is 9.79. The van der Waals surface area contributed by atoms with Crippen LogP contribution in [0.4, 0.5) is 4.79 Å². The highest BCUT2D eigenvalue weighted by molar-refractivity contribution is 7.91. The molecule has 2 aliphatic heterocycles. The zero-order valence-corrected chi connectivity index (χ0v) is 32.1. The number of rotatable bonds is 8. The Morgan fingerprint density at radius 3 is 2.40 bits per heavy atom. The van der Waals surface area contributed by atoms with Crippen molar-refractivity contribution in [3.8, 4) is 5.75 Å². The molecule has 4 fully saturated rings. The van der Waals surface area contributed by atoms with Crippen LogP contribution in [0.15, 0.2) is 30.3 Å². The van der Waals surface area contributed by atoms with Gasteiger partial charge in [-0.25, -0.2) is 13.2 Å². The van der Waals surface area contributed by atoms with E-state index in [0.717, 1.165) is 59.8 Å². The molecule has 3 aliphatic carbocycles. The van der Waals surface area contributed by atoms with Crippen molar-refractivity contribution in [1.82, 2.24) is 20.3 Å². The maximum atomic E-state index is 14.8. The Hall–Kier alpha value is -3.91. The van der Waals surface area contributed by atoms with Crippen molar-refractivity contribution in [3.05, 3.63) is 41.5 Å². The molecule has 53 heavy (non-hydrogen) atoms. The third-order valence-corrected chi connectivity index (χ3v) is 13.8. The number of sulfonamides is 1. The summed E-state index contributed by atoms with van der Waals surface area (Å²) < 4.78 is 45.7. The molecule has 288 valence electrons. The number of benzene rings is 2. The molecule has 4 bridgehead atoms. The first-order chi connectivity index (χ1) is 25.1. The lowest BCUT2D eigenvalue weighted by Gasteiger charge is -2.36. The molecule has 0 spiro atoms. The number of alkyl carbamates (subject to hydrolysis) is 1. The van der Waals surface area contributed by atoms with Gasteiger partial charge in [0.2, 0.25) is 21.8 Å². The van der Waals surface area contributed by atoms with Crippen molar-refractivity contribution >= 4 is 44.6 Å². The van der Waals surface area contributed by atoms with Gasteiger partial charge in [0.05, 0.1) is 25.5 Å². The van der Waals surface area contributed by atoms with E-state index in [9.17, 15) is 27.6 Å². The Morgan fingerprint density at radius 1 is 1.00 bits per heavy atom. The summed E-state index contributed by atoms with van der Waals surface area (Å²) in [4.78, 5) is 57.8. The van der Waals surface area contributed by atoms with Gasteiger partial charge in [-0.05, 0) is 104 Å². The molecule has 3 N–H and O–H groups in total. The number of cyclic esters (lactones) is 1. The third kappa shape index (κ3) is 7.20. The van der Waals surface area contributed by atoms with Crippen molar-refractivity contribution in [1.29, 1.82) is 0 Å². The summed E-state index contributed by atoms with van der Waals surface area (Å²) in [6.45, 7) is 5.65. The van der Waals surface area contributed by atoms with Crippen molar-refractivity contribution in [2.75, 3.05) is 27.4 Å². The number of ether oxygens (including phenoxy) is 3. The molecule has 4 amide bonds. The number of carbonyl (C=O) groups is 4. The standard InChI is InChI=1S/C39H52N4O9S/c1-37(2,3)32-34(45)43-22-38(51-5,21-30(43)33(44)41-39(20-29(39)24-10-11-24)35(46)42-53(48,49)26-15-16-26)25-14-12-23-13-17-31(50-4)27(28(23)19-25)9-7-6-8-18-52-36(47)40-32/h12-14,17,19,24,26,29-30,32H,6-11,15-16,18,20-22H2,1-5H3,(H,40,47)(H,41,44)(H,42,46)/t29-,30-,32+,38-,39+/m0/s1. The summed E-state index contributed by atoms with van der Waals surface area (Å²) in [5, 5.41) is 7.15. The quantitative estimate of drug-likeness (QED) is 0.360. The summed E-state index contributed by atoms with van der Waals surface area (Å²) in [6.07, 6.45) is 5.44. The fourth-order valence-electron chi connectivity index (χ4n) is 8.43. The summed E-state index contributed by atoms with van der Waals surface area (Å²) in [5.41, 5.74) is -1.53. The van der Waals surface area contributed by atoms with Gasteiger partial charge in [-0.2, -0.15) is 0 Å². The molecule has 2 heterocycles. The normalized spacial score (nSPS) is 29.6. The number of aryl methyl sites for hydroxylation is 1. The van der Waals surface area contributed by atoms with Crippen molar-refractivity contribution in [2.45, 2.75) is 113 Å². The zero-order valence-electron chi connectivity index (χ0n) is 31.3. The van der Waals surface area contributed by atoms with Gasteiger partial charge in [0.1, 0.15) is 29.0 Å². The highest BCUT2D eigenvalue weighted by Gasteiger charge is 2.67. The number of hydrogen-bond donors (Lipinski definition) is 3. The van der Waals surface area contributed by atoms with Crippen LogP contribution in [0.2, 0.25) is 0 Å². The molecule has 3 saturated carbocycles. The van der Waals surface area contributed by atoms with Gasteiger partial charge in [-0.1, -0.05) is 39.0 Å². The molecule has 0 unspecified atom stereocenters. The molecule has 7 rings (SSSR count). The first-order valence-electron chi connectivity index (χ1n) is 18.9. The third-order valence-electron chi connectivity index (χ3n) is 12.0. The topological polar surface area (TPSA) is 169 Å². The minimum atomic E-state index is -3.86. The molecule has 13 nitrogen and oxygen atoms in total. The Bertz CT molecular complexity index is 1920. The minimum Gasteiger partial charge on any atom is -0.496 e. The van der Waals surface area contributed by atoms with Crippen LogP contribution >= 0.6 is 0 Å². The maximum Gasteiger partial charge on any atom is 0.407 e. The van der Waals surface area contributed by atoms with E-state index in [1.54, 1.807) is 14.2 Å². The lowest BCUT2D eigenvalue weighted by molar-refractivity contribution is -0.143. The van der Waals surface area contributed by atoms with Crippen LogP contribution < -0.4 is 20.1 Å². The highest BCUT2D eigenvalue weighted by Crippen LogP contribution is 2.57. The van der Waals surface area contributed by atoms with E-state index in [0.29, 0.717) is 25.7 Å². The summed E-state index contributed by atoms with van der Waals surface area (Å²) >= 11 is 0. The lowest BCUT2D eigenvalue weighted by atomic mass is 9.85. The molecule has 14 heteroatoms. The van der Waals surface area contributed by atoms with Crippen molar-refractivity contribution < 1.29 is 41.8 Å². The Kier molecular flexibility index (Phi) is 9.70. The van der Waals surface area contributed by atoms with E-state index in [1.807, 2.05) is 45.0 Å². The molecule has 0 radical (unpaired) electrons. The monoisotopic (exact) mass is 752 g/mol. The van der Waals surface area contributed by atoms with Crippen LogP contribution in [0.5, 0.6) is 5.75 Å². The minimum absolute atomic E-state index is 0.0180. The molecule has 0 aromatic heterocycles. The Labute approximate surface area is 311 Å². The Morgan fingerprint density at radius 2 is 1.74 bits per heavy atom. The van der Waals surface area contributed by atoms with Gasteiger partial charge in [-0.3, -0.25) is 19.1 Å². The second-order valence-corrected chi connectivity index (χ2v) is 18.7. The number of amides is 4. The van der Waals surface area contributed by atoms with Crippen LogP contribution in [-0.4, -0.2) is 87.4 Å². The van der Waals surface area contributed by atoms with Crippen LogP contribution in [-0.2, 0) is 45.9 Å². The molecular formula is C39H52N4O9S. The van der Waals surface area contributed by atoms with Gasteiger partial charge in [0, 0.05) is 19.1 Å². The lowest BCUT2D eigenvalue weighted by Crippen LogP contribution is -2.60. The van der Waals surface area contributed by atoms with E-state index in [2.05, 4.69) is 21.4 Å². The first kappa shape index (κ1) is 37.4. The highest BCUT2D eigenvalue weighted by atomic mass is 32.2. The number of hydrogen-bond acceptors (Lipinski definition) is 9. The molecule has 5 atom stereocenters. The van der Waals surface area contributed by atoms with E-state index in [-0.39, 0.29) is 31.4 Å². The second-order valence-electron chi connectivity index (χ2n) is 16.7. The average Bonchev–Trinajstić information content (AvgIpc) is 3.99. The smallest absolute Gasteiger partial charge is 0.407 e. The molecule has 2 aromatic carbocycles. The Balaban J connectivity index is 1.29. The predicted octanol–water partition coefficient (Wildman–Crippen LogP) is 4.05. The summed E-state index contributed by atoms with van der Waals surface area (Å²) in [6, 6.07) is 7.80. The number of carbonyl (C=O) groups excluding carboxylic acids is 4. The molecule has 5 aliphatic rings. The summed E-state index contributed by atoms with van der Waals surface area (Å²) in [5.74, 6) is -1.04. The number of nitrogens with zero attached hydrogens (tertiary/aromatic N) is 1. The first-order valence-corrected chi connectivity index (χ1v) is 20.4. The SMILES string of the molecule is COc1ccc2ccc3cc2c1CCCCCOC(=O)N[C@@H](C(C)(C)C)C(=O)N1C[C@@]3(OC)C[C@H]1C(=O)N[C@]1(C(=O)NS(=O)(=O)C2CC2)C[C@H]1C1CC1. The largest absolute Gasteiger partial charge is 0.496 e. The zero-order chi connectivity index (χ0) is 37.9. The van der Waals surface area contributed by atoms with Gasteiger partial charge in [0.25, 0.3) is 5.91 Å². The number of fused-ring (bicyclic) bond motifs is 4. The molecular weight excluding hydrogens is 701 g/mol. The van der Waals surface area contributed by atoms with Crippen LogP contribution in [0.1, 0.15) is 89.7 Å².